The Morgan fingerprint density at radius 3 is 2.18 bits per heavy atom. The summed E-state index contributed by atoms with van der Waals surface area (Å²) in [5.74, 6) is 0.954. The Kier molecular flexibility index (Phi) is 8.00. The van der Waals surface area contributed by atoms with E-state index in [4.69, 9.17) is 18.9 Å². The van der Waals surface area contributed by atoms with Crippen molar-refractivity contribution < 1.29 is 18.9 Å². The quantitative estimate of drug-likeness (QED) is 0.604. The molecule has 0 aliphatic carbocycles. The van der Waals surface area contributed by atoms with Crippen LogP contribution in [0, 0.1) is 6.92 Å². The maximum Gasteiger partial charge on any atom is 0.132 e. The number of aryl methyl sites for hydroxylation is 1. The zero-order valence-corrected chi connectivity index (χ0v) is 11.3. The Morgan fingerprint density at radius 1 is 0.941 bits per heavy atom. The molecule has 4 nitrogen and oxygen atoms in total. The van der Waals surface area contributed by atoms with E-state index in [-0.39, 0.29) is 0 Å². The van der Waals surface area contributed by atoms with Crippen LogP contribution in [0.25, 0.3) is 0 Å². The minimum Gasteiger partial charge on any atom is -0.490 e. The number of rotatable bonds is 10. The van der Waals surface area contributed by atoms with Gasteiger partial charge in [-0.3, -0.25) is 0 Å². The van der Waals surface area contributed by atoms with Gasteiger partial charge in [0.05, 0.1) is 33.0 Å². The fourth-order valence-corrected chi connectivity index (χ4v) is 1.94. The lowest BCUT2D eigenvalue weighted by molar-refractivity contribution is 0.0179. The number of hydrogen-bond donors (Lipinski definition) is 0. The second-order valence-corrected chi connectivity index (χ2v) is 4.23. The first-order valence-electron chi connectivity index (χ1n) is 5.64. The third-order valence-corrected chi connectivity index (χ3v) is 2.94. The van der Waals surface area contributed by atoms with Crippen LogP contribution in [0.4, 0.5) is 0 Å². The molecule has 1 rings (SSSR count). The zero-order valence-electron chi connectivity index (χ0n) is 10.4. The van der Waals surface area contributed by atoms with Crippen LogP contribution >= 0.6 is 11.3 Å². The predicted molar refractivity (Wildman–Crippen MR) is 68.1 cm³/mol. The molecule has 0 saturated carbocycles. The zero-order chi connectivity index (χ0) is 12.3. The molecule has 0 aliphatic rings. The second kappa shape index (κ2) is 9.41. The molecule has 5 heteroatoms. The Morgan fingerprint density at radius 2 is 1.59 bits per heavy atom. The molecule has 0 aliphatic heterocycles. The minimum atomic E-state index is 0.579. The Labute approximate surface area is 106 Å². The maximum atomic E-state index is 5.55. The molecule has 0 spiro atoms. The average molecular weight is 260 g/mol. The first-order valence-corrected chi connectivity index (χ1v) is 6.59. The van der Waals surface area contributed by atoms with Crippen LogP contribution in [0.5, 0.6) is 5.75 Å². The second-order valence-electron chi connectivity index (χ2n) is 3.49. The van der Waals surface area contributed by atoms with Crippen molar-refractivity contribution in [2.45, 2.75) is 6.92 Å². The number of ether oxygens (including phenoxy) is 4. The molecule has 1 aromatic rings. The standard InChI is InChI=1S/C12H20O4S/c1-11-9-17-10-12(11)16-8-7-15-6-5-14-4-3-13-2/h9-10H,3-8H2,1-2H3. The van der Waals surface area contributed by atoms with Crippen molar-refractivity contribution in [1.29, 1.82) is 0 Å². The highest BCUT2D eigenvalue weighted by molar-refractivity contribution is 7.08. The lowest BCUT2D eigenvalue weighted by atomic mass is 10.4. The summed E-state index contributed by atoms with van der Waals surface area (Å²) in [5.41, 5.74) is 1.18. The summed E-state index contributed by atoms with van der Waals surface area (Å²) in [6.45, 7) is 5.64. The minimum absolute atomic E-state index is 0.579. The van der Waals surface area contributed by atoms with Gasteiger partial charge < -0.3 is 18.9 Å². The molecule has 98 valence electrons. The first-order chi connectivity index (χ1) is 8.34. The van der Waals surface area contributed by atoms with Gasteiger partial charge in [0.25, 0.3) is 0 Å². The molecule has 0 unspecified atom stereocenters. The molecule has 0 N–H and O–H groups in total. The number of methoxy groups -OCH3 is 1. The third kappa shape index (κ3) is 6.63. The summed E-state index contributed by atoms with van der Waals surface area (Å²) >= 11 is 1.65. The van der Waals surface area contributed by atoms with E-state index in [1.54, 1.807) is 18.4 Å². The van der Waals surface area contributed by atoms with Crippen molar-refractivity contribution in [2.75, 3.05) is 46.8 Å². The van der Waals surface area contributed by atoms with Crippen LogP contribution in [-0.4, -0.2) is 46.8 Å². The first kappa shape index (κ1) is 14.4. The summed E-state index contributed by atoms with van der Waals surface area (Å²) < 4.78 is 21.0. The van der Waals surface area contributed by atoms with Crippen LogP contribution < -0.4 is 4.74 Å². The lowest BCUT2D eigenvalue weighted by Crippen LogP contribution is -2.12. The van der Waals surface area contributed by atoms with Crippen LogP contribution in [0.3, 0.4) is 0 Å². The molecule has 17 heavy (non-hydrogen) atoms. The van der Waals surface area contributed by atoms with Crippen molar-refractivity contribution in [2.24, 2.45) is 0 Å². The maximum absolute atomic E-state index is 5.55. The molecule has 0 saturated heterocycles. The van der Waals surface area contributed by atoms with Gasteiger partial charge in [-0.05, 0) is 12.3 Å². The Bertz CT molecular complexity index is 288. The predicted octanol–water partition coefficient (Wildman–Crippen LogP) is 2.11. The summed E-state index contributed by atoms with van der Waals surface area (Å²) in [5, 5.41) is 4.07. The van der Waals surface area contributed by atoms with Gasteiger partial charge in [-0.25, -0.2) is 0 Å². The molecule has 0 atom stereocenters. The van der Waals surface area contributed by atoms with E-state index >= 15 is 0 Å². The topological polar surface area (TPSA) is 36.9 Å². The monoisotopic (exact) mass is 260 g/mol. The highest BCUT2D eigenvalue weighted by atomic mass is 32.1. The number of hydrogen-bond acceptors (Lipinski definition) is 5. The van der Waals surface area contributed by atoms with E-state index in [0.29, 0.717) is 39.6 Å². The van der Waals surface area contributed by atoms with Gasteiger partial charge in [0.2, 0.25) is 0 Å². The van der Waals surface area contributed by atoms with Gasteiger partial charge in [-0.15, -0.1) is 11.3 Å². The van der Waals surface area contributed by atoms with Gasteiger partial charge >= 0.3 is 0 Å². The van der Waals surface area contributed by atoms with Crippen LogP contribution in [-0.2, 0) is 14.2 Å². The fraction of sp³-hybridized carbons (Fsp3) is 0.667. The molecular weight excluding hydrogens is 240 g/mol. The SMILES string of the molecule is COCCOCCOCCOc1cscc1C. The van der Waals surface area contributed by atoms with Crippen molar-refractivity contribution in [3.05, 3.63) is 16.3 Å². The van der Waals surface area contributed by atoms with E-state index < -0.39 is 0 Å². The lowest BCUT2D eigenvalue weighted by Gasteiger charge is -2.07. The van der Waals surface area contributed by atoms with Crippen LogP contribution in [0.15, 0.2) is 10.8 Å². The normalized spacial score (nSPS) is 10.7. The molecule has 0 fully saturated rings. The molecule has 0 bridgehead atoms. The highest BCUT2D eigenvalue weighted by Gasteiger charge is 1.99. The van der Waals surface area contributed by atoms with Crippen molar-refractivity contribution in [3.63, 3.8) is 0 Å². The molecule has 0 aromatic carbocycles. The molecule has 0 amide bonds. The van der Waals surface area contributed by atoms with Gasteiger partial charge in [0.1, 0.15) is 12.4 Å². The summed E-state index contributed by atoms with van der Waals surface area (Å²) in [6.07, 6.45) is 0. The Hall–Kier alpha value is -0.620. The van der Waals surface area contributed by atoms with E-state index in [2.05, 4.69) is 5.38 Å². The van der Waals surface area contributed by atoms with Crippen LogP contribution in [0.1, 0.15) is 5.56 Å². The average Bonchev–Trinajstić information content (AvgIpc) is 2.73. The number of thiophene rings is 1. The highest BCUT2D eigenvalue weighted by Crippen LogP contribution is 2.21. The van der Waals surface area contributed by atoms with Gasteiger partial charge in [-0.1, -0.05) is 0 Å². The Balaban J connectivity index is 1.86. The summed E-state index contributed by atoms with van der Waals surface area (Å²) in [7, 11) is 1.66. The van der Waals surface area contributed by atoms with Crippen molar-refractivity contribution >= 4 is 11.3 Å². The molecule has 0 radical (unpaired) electrons. The third-order valence-electron chi connectivity index (χ3n) is 2.10. The summed E-state index contributed by atoms with van der Waals surface area (Å²) in [4.78, 5) is 0. The van der Waals surface area contributed by atoms with Crippen molar-refractivity contribution in [3.8, 4) is 5.75 Å². The van der Waals surface area contributed by atoms with E-state index in [1.807, 2.05) is 12.3 Å². The summed E-state index contributed by atoms with van der Waals surface area (Å²) in [6, 6.07) is 0. The molecule has 1 heterocycles. The molecule has 1 aromatic heterocycles. The van der Waals surface area contributed by atoms with Crippen molar-refractivity contribution in [1.82, 2.24) is 0 Å². The smallest absolute Gasteiger partial charge is 0.132 e. The van der Waals surface area contributed by atoms with Gasteiger partial charge in [-0.2, -0.15) is 0 Å². The van der Waals surface area contributed by atoms with E-state index in [1.165, 1.54) is 5.56 Å². The van der Waals surface area contributed by atoms with Gasteiger partial charge in [0, 0.05) is 18.1 Å². The van der Waals surface area contributed by atoms with E-state index in [9.17, 15) is 0 Å². The van der Waals surface area contributed by atoms with Gasteiger partial charge in [0.15, 0.2) is 0 Å². The molecular formula is C12H20O4S. The largest absolute Gasteiger partial charge is 0.490 e. The fourth-order valence-electron chi connectivity index (χ4n) is 1.17. The van der Waals surface area contributed by atoms with E-state index in [0.717, 1.165) is 5.75 Å². The van der Waals surface area contributed by atoms with Crippen LogP contribution in [0.2, 0.25) is 0 Å².